The Labute approximate surface area is 169 Å². The first-order valence-corrected chi connectivity index (χ1v) is 9.39. The quantitative estimate of drug-likeness (QED) is 0.660. The largest absolute Gasteiger partial charge is 0.352 e. The first-order chi connectivity index (χ1) is 13.4. The second-order valence-electron chi connectivity index (χ2n) is 6.59. The van der Waals surface area contributed by atoms with E-state index in [1.54, 1.807) is 18.2 Å². The van der Waals surface area contributed by atoms with Crippen molar-refractivity contribution in [1.29, 1.82) is 0 Å². The summed E-state index contributed by atoms with van der Waals surface area (Å²) in [5.41, 5.74) is 0.652. The van der Waals surface area contributed by atoms with Gasteiger partial charge in [0.15, 0.2) is 5.82 Å². The van der Waals surface area contributed by atoms with Gasteiger partial charge in [-0.3, -0.25) is 9.78 Å². The predicted molar refractivity (Wildman–Crippen MR) is 104 cm³/mol. The summed E-state index contributed by atoms with van der Waals surface area (Å²) in [7, 11) is 0. The van der Waals surface area contributed by atoms with Gasteiger partial charge in [0, 0.05) is 17.5 Å². The molecule has 1 fully saturated rings. The number of halogens is 3. The number of amides is 1. The van der Waals surface area contributed by atoms with E-state index in [1.165, 1.54) is 12.1 Å². The van der Waals surface area contributed by atoms with Crippen LogP contribution < -0.4 is 11.0 Å². The third kappa shape index (κ3) is 3.81. The number of benzene rings is 2. The molecule has 28 heavy (non-hydrogen) atoms. The molecule has 3 aromatic rings. The molecule has 6 nitrogen and oxygen atoms in total. The average Bonchev–Trinajstić information content (AvgIpc) is 3.44. The van der Waals surface area contributed by atoms with Gasteiger partial charge < -0.3 is 5.32 Å². The van der Waals surface area contributed by atoms with Crippen molar-refractivity contribution < 1.29 is 9.18 Å². The predicted octanol–water partition coefficient (Wildman–Crippen LogP) is 3.70. The smallest absolute Gasteiger partial charge is 0.348 e. The summed E-state index contributed by atoms with van der Waals surface area (Å²) in [6.45, 7) is 0.317. The van der Waals surface area contributed by atoms with E-state index in [1.807, 2.05) is 0 Å². The highest BCUT2D eigenvalue weighted by molar-refractivity contribution is 6.32. The highest BCUT2D eigenvalue weighted by Crippen LogP contribution is 2.29. The number of hydrogen-bond acceptors (Lipinski definition) is 3. The summed E-state index contributed by atoms with van der Waals surface area (Å²) >= 11 is 12.0. The molecule has 0 aliphatic heterocycles. The van der Waals surface area contributed by atoms with Crippen molar-refractivity contribution in [2.75, 3.05) is 0 Å². The number of nitrogens with zero attached hydrogens (tertiary/aromatic N) is 2. The minimum absolute atomic E-state index is 0.0222. The fourth-order valence-corrected chi connectivity index (χ4v) is 3.16. The molecule has 4 rings (SSSR count). The van der Waals surface area contributed by atoms with Gasteiger partial charge in [-0.25, -0.2) is 9.18 Å². The summed E-state index contributed by atoms with van der Waals surface area (Å²) in [4.78, 5) is 26.7. The van der Waals surface area contributed by atoms with Crippen molar-refractivity contribution in [3.8, 4) is 17.1 Å². The first kappa shape index (κ1) is 18.7. The molecule has 9 heteroatoms. The molecule has 1 amide bonds. The molecule has 0 unspecified atom stereocenters. The molecule has 0 bridgehead atoms. The number of carbonyl (C=O) groups excluding carboxylic acids is 1. The molecule has 144 valence electrons. The van der Waals surface area contributed by atoms with Crippen molar-refractivity contribution in [1.82, 2.24) is 20.1 Å². The van der Waals surface area contributed by atoms with Crippen molar-refractivity contribution in [2.45, 2.75) is 19.4 Å². The van der Waals surface area contributed by atoms with Crippen LogP contribution >= 0.6 is 23.2 Å². The lowest BCUT2D eigenvalue weighted by atomic mass is 10.2. The molecule has 0 radical (unpaired) electrons. The van der Waals surface area contributed by atoms with Gasteiger partial charge in [0.1, 0.15) is 5.82 Å². The minimum Gasteiger partial charge on any atom is -0.352 e. The highest BCUT2D eigenvalue weighted by atomic mass is 35.5. The summed E-state index contributed by atoms with van der Waals surface area (Å²) < 4.78 is 15.2. The van der Waals surface area contributed by atoms with E-state index >= 15 is 0 Å². The van der Waals surface area contributed by atoms with Gasteiger partial charge in [-0.2, -0.15) is 4.68 Å². The molecule has 1 saturated carbocycles. The first-order valence-electron chi connectivity index (χ1n) is 8.63. The molecular formula is C19H15Cl2FN4O2. The van der Waals surface area contributed by atoms with Crippen LogP contribution in [0.4, 0.5) is 4.39 Å². The second kappa shape index (κ2) is 7.41. The molecule has 1 aromatic heterocycles. The maximum atomic E-state index is 14.1. The number of H-pyrrole nitrogens is 1. The number of aromatic nitrogens is 3. The molecule has 0 spiro atoms. The zero-order chi connectivity index (χ0) is 19.8. The molecule has 2 N–H and O–H groups in total. The second-order valence-corrected chi connectivity index (χ2v) is 7.44. The number of hydrogen-bond donors (Lipinski definition) is 2. The summed E-state index contributed by atoms with van der Waals surface area (Å²) in [5.74, 6) is -0.412. The zero-order valence-electron chi connectivity index (χ0n) is 14.5. The normalized spacial score (nSPS) is 13.5. The molecule has 1 heterocycles. The van der Waals surface area contributed by atoms with Gasteiger partial charge in [-0.15, -0.1) is 5.10 Å². The molecule has 1 aliphatic rings. The third-order valence-electron chi connectivity index (χ3n) is 4.46. The maximum Gasteiger partial charge on any atom is 0.348 e. The fourth-order valence-electron chi connectivity index (χ4n) is 2.80. The lowest BCUT2D eigenvalue weighted by Gasteiger charge is -2.08. The number of rotatable bonds is 5. The van der Waals surface area contributed by atoms with Crippen molar-refractivity contribution in [2.24, 2.45) is 5.92 Å². The van der Waals surface area contributed by atoms with Crippen LogP contribution in [0.3, 0.4) is 0 Å². The van der Waals surface area contributed by atoms with E-state index < -0.39 is 11.5 Å². The lowest BCUT2D eigenvalue weighted by molar-refractivity contribution is -0.122. The molecule has 1 aliphatic carbocycles. The highest BCUT2D eigenvalue weighted by Gasteiger charge is 2.29. The van der Waals surface area contributed by atoms with E-state index in [0.717, 1.165) is 29.2 Å². The van der Waals surface area contributed by atoms with E-state index in [0.29, 0.717) is 17.3 Å². The van der Waals surface area contributed by atoms with Crippen LogP contribution in [-0.2, 0) is 11.3 Å². The Morgan fingerprint density at radius 1 is 1.25 bits per heavy atom. The monoisotopic (exact) mass is 420 g/mol. The standard InChI is InChI=1S/C19H15Cl2FN4O2/c20-12-4-5-13(15(22)8-12)17-24-19(28)26(25-17)16-7-10(1-6-14(16)21)9-23-18(27)11-2-3-11/h1,4-8,11H,2-3,9H2,(H,23,27)(H,24,25,28). The van der Waals surface area contributed by atoms with Gasteiger partial charge in [-0.05, 0) is 48.7 Å². The topological polar surface area (TPSA) is 79.8 Å². The van der Waals surface area contributed by atoms with Crippen LogP contribution in [0.2, 0.25) is 10.0 Å². The maximum absolute atomic E-state index is 14.1. The van der Waals surface area contributed by atoms with Crippen LogP contribution in [0, 0.1) is 11.7 Å². The van der Waals surface area contributed by atoms with Crippen LogP contribution in [0.15, 0.2) is 41.2 Å². The fraction of sp³-hybridized carbons (Fsp3) is 0.211. The average molecular weight is 421 g/mol. The Morgan fingerprint density at radius 2 is 2.04 bits per heavy atom. The van der Waals surface area contributed by atoms with Crippen LogP contribution in [-0.4, -0.2) is 20.7 Å². The van der Waals surface area contributed by atoms with Crippen LogP contribution in [0.25, 0.3) is 17.1 Å². The number of carbonyl (C=O) groups is 1. The van der Waals surface area contributed by atoms with E-state index in [-0.39, 0.29) is 28.2 Å². The van der Waals surface area contributed by atoms with Crippen LogP contribution in [0.5, 0.6) is 0 Å². The summed E-state index contributed by atoms with van der Waals surface area (Å²) in [6.07, 6.45) is 1.84. The van der Waals surface area contributed by atoms with Gasteiger partial charge in [0.2, 0.25) is 5.91 Å². The molecular weight excluding hydrogens is 406 g/mol. The van der Waals surface area contributed by atoms with Gasteiger partial charge in [-0.1, -0.05) is 29.3 Å². The number of aromatic amines is 1. The minimum atomic E-state index is -0.601. The Balaban J connectivity index is 1.65. The number of nitrogens with one attached hydrogen (secondary N) is 2. The van der Waals surface area contributed by atoms with E-state index in [9.17, 15) is 14.0 Å². The lowest BCUT2D eigenvalue weighted by Crippen LogP contribution is -2.24. The molecule has 0 atom stereocenters. The third-order valence-corrected chi connectivity index (χ3v) is 5.01. The van der Waals surface area contributed by atoms with E-state index in [2.05, 4.69) is 15.4 Å². The molecule has 2 aromatic carbocycles. The van der Waals surface area contributed by atoms with Gasteiger partial charge in [0.25, 0.3) is 0 Å². The van der Waals surface area contributed by atoms with E-state index in [4.69, 9.17) is 23.2 Å². The van der Waals surface area contributed by atoms with Crippen molar-refractivity contribution >= 4 is 29.1 Å². The SMILES string of the molecule is O=C(NCc1ccc(Cl)c(-n2nc(-c3ccc(Cl)cc3F)[nH]c2=O)c1)C1CC1. The van der Waals surface area contributed by atoms with Gasteiger partial charge in [0.05, 0.1) is 16.3 Å². The summed E-state index contributed by atoms with van der Waals surface area (Å²) in [5, 5.41) is 7.57. The Bertz CT molecular complexity index is 1120. The Hall–Kier alpha value is -2.64. The summed E-state index contributed by atoms with van der Waals surface area (Å²) in [6, 6.07) is 9.14. The zero-order valence-corrected chi connectivity index (χ0v) is 16.0. The Morgan fingerprint density at radius 3 is 2.75 bits per heavy atom. The Kier molecular flexibility index (Phi) is 4.95. The van der Waals surface area contributed by atoms with Crippen LogP contribution in [0.1, 0.15) is 18.4 Å². The van der Waals surface area contributed by atoms with Crippen molar-refractivity contribution in [3.05, 3.63) is 68.3 Å². The molecule has 0 saturated heterocycles. The van der Waals surface area contributed by atoms with Gasteiger partial charge >= 0.3 is 5.69 Å². The van der Waals surface area contributed by atoms with Crippen molar-refractivity contribution in [3.63, 3.8) is 0 Å².